The van der Waals surface area contributed by atoms with Crippen molar-refractivity contribution in [1.82, 2.24) is 0 Å². The summed E-state index contributed by atoms with van der Waals surface area (Å²) in [5.74, 6) is -0.842. The Morgan fingerprint density at radius 3 is 2.62 bits per heavy atom. The zero-order valence-electron chi connectivity index (χ0n) is 7.87. The van der Waals surface area contributed by atoms with Crippen LogP contribution < -0.4 is 0 Å². The van der Waals surface area contributed by atoms with Gasteiger partial charge >= 0.3 is 0 Å². The quantitative estimate of drug-likeness (QED) is 0.456. The maximum absolute atomic E-state index is 11.3. The van der Waals surface area contributed by atoms with Crippen LogP contribution >= 0.6 is 0 Å². The molecule has 2 atom stereocenters. The van der Waals surface area contributed by atoms with E-state index in [4.69, 9.17) is 14.2 Å². The van der Waals surface area contributed by atoms with E-state index in [1.807, 2.05) is 6.92 Å². The van der Waals surface area contributed by atoms with E-state index < -0.39 is 5.79 Å². The van der Waals surface area contributed by atoms with Crippen molar-refractivity contribution in [2.24, 2.45) is 0 Å². The van der Waals surface area contributed by atoms with Crippen molar-refractivity contribution >= 4 is 5.78 Å². The van der Waals surface area contributed by atoms with E-state index in [-0.39, 0.29) is 18.0 Å². The predicted molar refractivity (Wildman–Crippen MR) is 44.2 cm³/mol. The van der Waals surface area contributed by atoms with Gasteiger partial charge in [-0.25, -0.2) is 0 Å². The first-order valence-corrected chi connectivity index (χ1v) is 4.14. The molecule has 0 N–H and O–H groups in total. The Hall–Kier alpha value is -0.710. The van der Waals surface area contributed by atoms with E-state index in [0.29, 0.717) is 0 Å². The summed E-state index contributed by atoms with van der Waals surface area (Å²) in [5, 5.41) is 0. The van der Waals surface area contributed by atoms with Gasteiger partial charge in [0.1, 0.15) is 0 Å². The van der Waals surface area contributed by atoms with Crippen LogP contribution in [0.15, 0.2) is 11.6 Å². The number of methoxy groups -OCH3 is 2. The van der Waals surface area contributed by atoms with Crippen molar-refractivity contribution in [2.45, 2.75) is 24.9 Å². The van der Waals surface area contributed by atoms with Gasteiger partial charge in [-0.15, -0.1) is 0 Å². The van der Waals surface area contributed by atoms with E-state index >= 15 is 0 Å². The van der Waals surface area contributed by atoms with E-state index in [2.05, 4.69) is 0 Å². The lowest BCUT2D eigenvalue weighted by atomic mass is 9.93. The molecule has 0 bridgehead atoms. The molecule has 2 unspecified atom stereocenters. The summed E-state index contributed by atoms with van der Waals surface area (Å²) in [7, 11) is 3.10. The molecule has 1 aliphatic heterocycles. The third kappa shape index (κ3) is 0.995. The molecule has 0 aromatic heterocycles. The third-order valence-corrected chi connectivity index (χ3v) is 2.66. The Kier molecular flexibility index (Phi) is 1.80. The average Bonchev–Trinajstić information content (AvgIpc) is 2.87. The van der Waals surface area contributed by atoms with Crippen LogP contribution in [-0.2, 0) is 19.0 Å². The van der Waals surface area contributed by atoms with Crippen LogP contribution in [0.4, 0.5) is 0 Å². The molecular formula is C9H12O4. The smallest absolute Gasteiger partial charge is 0.220 e. The standard InChI is InChI=1S/C9H12O4/c1-5-4-6(10)7-8(13-7)9(5,11-2)12-3/h4,7-8H,1-3H3. The summed E-state index contributed by atoms with van der Waals surface area (Å²) in [6.45, 7) is 1.81. The molecule has 1 saturated heterocycles. The first-order valence-electron chi connectivity index (χ1n) is 4.14. The lowest BCUT2D eigenvalue weighted by Gasteiger charge is -2.31. The summed E-state index contributed by atoms with van der Waals surface area (Å²) < 4.78 is 15.8. The van der Waals surface area contributed by atoms with Crippen LogP contribution in [0, 0.1) is 0 Å². The minimum absolute atomic E-state index is 0.00669. The van der Waals surface area contributed by atoms with Crippen molar-refractivity contribution in [3.8, 4) is 0 Å². The van der Waals surface area contributed by atoms with Crippen molar-refractivity contribution in [3.05, 3.63) is 11.6 Å². The summed E-state index contributed by atoms with van der Waals surface area (Å²) in [6.07, 6.45) is 0.907. The molecule has 1 heterocycles. The van der Waals surface area contributed by atoms with Crippen LogP contribution in [0.3, 0.4) is 0 Å². The molecule has 4 heteroatoms. The van der Waals surface area contributed by atoms with Crippen LogP contribution in [-0.4, -0.2) is 38.0 Å². The van der Waals surface area contributed by atoms with Crippen LogP contribution in [0.1, 0.15) is 6.92 Å². The first-order chi connectivity index (χ1) is 6.15. The second kappa shape index (κ2) is 2.64. The molecule has 0 aromatic carbocycles. The molecule has 0 radical (unpaired) electrons. The average molecular weight is 184 g/mol. The minimum Gasteiger partial charge on any atom is -0.355 e. The number of epoxide rings is 1. The number of rotatable bonds is 2. The highest BCUT2D eigenvalue weighted by atomic mass is 16.7. The largest absolute Gasteiger partial charge is 0.355 e. The fourth-order valence-electron chi connectivity index (χ4n) is 1.88. The summed E-state index contributed by atoms with van der Waals surface area (Å²) >= 11 is 0. The van der Waals surface area contributed by atoms with Crippen molar-refractivity contribution in [2.75, 3.05) is 14.2 Å². The van der Waals surface area contributed by atoms with Gasteiger partial charge in [0.15, 0.2) is 18.0 Å². The van der Waals surface area contributed by atoms with Gasteiger partial charge in [0.25, 0.3) is 0 Å². The molecule has 0 aromatic rings. The topological polar surface area (TPSA) is 48.1 Å². The van der Waals surface area contributed by atoms with E-state index in [9.17, 15) is 4.79 Å². The maximum Gasteiger partial charge on any atom is 0.220 e. The Labute approximate surface area is 76.5 Å². The van der Waals surface area contributed by atoms with Gasteiger partial charge < -0.3 is 14.2 Å². The molecule has 2 rings (SSSR count). The van der Waals surface area contributed by atoms with Gasteiger partial charge in [-0.2, -0.15) is 0 Å². The second-order valence-corrected chi connectivity index (χ2v) is 3.28. The normalized spacial score (nSPS) is 35.3. The molecule has 0 amide bonds. The predicted octanol–water partition coefficient (Wildman–Crippen LogP) is 0.272. The highest BCUT2D eigenvalue weighted by Crippen LogP contribution is 2.44. The minimum atomic E-state index is -0.849. The highest BCUT2D eigenvalue weighted by Gasteiger charge is 2.62. The summed E-state index contributed by atoms with van der Waals surface area (Å²) in [4.78, 5) is 11.3. The van der Waals surface area contributed by atoms with Gasteiger partial charge in [-0.3, -0.25) is 4.79 Å². The fraction of sp³-hybridized carbons (Fsp3) is 0.667. The molecule has 0 saturated carbocycles. The number of hydrogen-bond donors (Lipinski definition) is 0. The molecular weight excluding hydrogens is 172 g/mol. The lowest BCUT2D eigenvalue weighted by Crippen LogP contribution is -2.45. The molecule has 13 heavy (non-hydrogen) atoms. The van der Waals surface area contributed by atoms with Crippen molar-refractivity contribution in [3.63, 3.8) is 0 Å². The van der Waals surface area contributed by atoms with E-state index in [0.717, 1.165) is 5.57 Å². The van der Waals surface area contributed by atoms with Crippen LogP contribution in [0.5, 0.6) is 0 Å². The fourth-order valence-corrected chi connectivity index (χ4v) is 1.88. The molecule has 1 aliphatic carbocycles. The third-order valence-electron chi connectivity index (χ3n) is 2.66. The number of carbonyl (C=O) groups is 1. The monoisotopic (exact) mass is 184 g/mol. The number of ketones is 1. The Balaban J connectivity index is 2.38. The molecule has 2 aliphatic rings. The van der Waals surface area contributed by atoms with Gasteiger partial charge in [0.05, 0.1) is 0 Å². The van der Waals surface area contributed by atoms with Gasteiger partial charge in [-0.1, -0.05) is 0 Å². The molecule has 72 valence electrons. The lowest BCUT2D eigenvalue weighted by molar-refractivity contribution is -0.191. The molecule has 4 nitrogen and oxygen atoms in total. The SMILES string of the molecule is COC1(OC)C(C)=CC(=O)C2OC21. The zero-order valence-corrected chi connectivity index (χ0v) is 7.87. The Morgan fingerprint density at radius 1 is 1.46 bits per heavy atom. The van der Waals surface area contributed by atoms with E-state index in [1.165, 1.54) is 6.08 Å². The van der Waals surface area contributed by atoms with Crippen LogP contribution in [0.25, 0.3) is 0 Å². The summed E-state index contributed by atoms with van der Waals surface area (Å²) in [6, 6.07) is 0. The summed E-state index contributed by atoms with van der Waals surface area (Å²) in [5.41, 5.74) is 0.765. The second-order valence-electron chi connectivity index (χ2n) is 3.28. The van der Waals surface area contributed by atoms with Gasteiger partial charge in [-0.05, 0) is 18.6 Å². The van der Waals surface area contributed by atoms with Crippen LogP contribution in [0.2, 0.25) is 0 Å². The molecule has 1 fully saturated rings. The number of fused-ring (bicyclic) bond motifs is 1. The highest BCUT2D eigenvalue weighted by molar-refractivity contribution is 5.98. The molecule has 0 spiro atoms. The van der Waals surface area contributed by atoms with Crippen molar-refractivity contribution < 1.29 is 19.0 Å². The first kappa shape index (κ1) is 8.87. The zero-order chi connectivity index (χ0) is 9.64. The number of ether oxygens (including phenoxy) is 3. The number of carbonyl (C=O) groups excluding carboxylic acids is 1. The van der Waals surface area contributed by atoms with Gasteiger partial charge in [0, 0.05) is 14.2 Å². The van der Waals surface area contributed by atoms with Crippen molar-refractivity contribution in [1.29, 1.82) is 0 Å². The maximum atomic E-state index is 11.3. The Morgan fingerprint density at radius 2 is 2.08 bits per heavy atom. The van der Waals surface area contributed by atoms with E-state index in [1.54, 1.807) is 14.2 Å². The Bertz CT molecular complexity index is 277. The van der Waals surface area contributed by atoms with Gasteiger partial charge in [0.2, 0.25) is 5.79 Å². The number of hydrogen-bond acceptors (Lipinski definition) is 4.